The molecule has 0 saturated heterocycles. The molecule has 1 fully saturated rings. The van der Waals surface area contributed by atoms with E-state index in [-0.39, 0.29) is 24.0 Å². The highest BCUT2D eigenvalue weighted by molar-refractivity contribution is 14.0. The Hall–Kier alpha value is -0.0800. The quantitative estimate of drug-likeness (QED) is 0.240. The summed E-state index contributed by atoms with van der Waals surface area (Å²) in [4.78, 5) is 4.65. The first-order valence-electron chi connectivity index (χ1n) is 9.26. The van der Waals surface area contributed by atoms with E-state index in [1.54, 1.807) is 7.11 Å². The Morgan fingerprint density at radius 1 is 1.17 bits per heavy atom. The van der Waals surface area contributed by atoms with E-state index in [1.165, 1.54) is 12.8 Å². The molecule has 1 aliphatic rings. The van der Waals surface area contributed by atoms with Crippen molar-refractivity contribution in [1.29, 1.82) is 0 Å². The van der Waals surface area contributed by atoms with E-state index in [2.05, 4.69) is 36.4 Å². The Labute approximate surface area is 165 Å². The molecule has 0 aliphatic heterocycles. The topological polar surface area (TPSA) is 65.9 Å². The van der Waals surface area contributed by atoms with E-state index in [0.717, 1.165) is 57.8 Å². The lowest BCUT2D eigenvalue weighted by Crippen LogP contribution is -2.42. The van der Waals surface area contributed by atoms with Crippen LogP contribution >= 0.6 is 24.0 Å². The number of rotatable bonds is 12. The Morgan fingerprint density at radius 2 is 1.79 bits per heavy atom. The number of hydrogen-bond donors (Lipinski definition) is 3. The normalized spacial score (nSPS) is 16.5. The van der Waals surface area contributed by atoms with E-state index in [1.807, 2.05) is 0 Å². The molecule has 0 radical (unpaired) electrons. The van der Waals surface area contributed by atoms with E-state index in [9.17, 15) is 5.11 Å². The second kappa shape index (κ2) is 12.3. The summed E-state index contributed by atoms with van der Waals surface area (Å²) in [6, 6.07) is 0. The molecule has 1 aliphatic carbocycles. The van der Waals surface area contributed by atoms with Crippen molar-refractivity contribution in [3.8, 4) is 0 Å². The first kappa shape index (κ1) is 23.9. The third kappa shape index (κ3) is 8.85. The summed E-state index contributed by atoms with van der Waals surface area (Å²) >= 11 is 0. The van der Waals surface area contributed by atoms with Crippen LogP contribution in [-0.4, -0.2) is 50.0 Å². The second-order valence-corrected chi connectivity index (χ2v) is 7.02. The standard InChI is InChI=1S/C18H37N3O2.HI/c1-5-8-18(22,9-6-2)15-21-16(19-7-3)20-14-17(10-11-17)12-13-23-4;/h22H,5-15H2,1-4H3,(H2,19,20,21);1H. The van der Waals surface area contributed by atoms with Crippen LogP contribution in [0.2, 0.25) is 0 Å². The smallest absolute Gasteiger partial charge is 0.191 e. The summed E-state index contributed by atoms with van der Waals surface area (Å²) in [5, 5.41) is 17.5. The number of halogens is 1. The van der Waals surface area contributed by atoms with Crippen LogP contribution in [-0.2, 0) is 4.74 Å². The first-order chi connectivity index (χ1) is 11.0. The third-order valence-corrected chi connectivity index (χ3v) is 4.73. The van der Waals surface area contributed by atoms with Crippen LogP contribution in [0.25, 0.3) is 0 Å². The summed E-state index contributed by atoms with van der Waals surface area (Å²) in [5.74, 6) is 0.821. The van der Waals surface area contributed by atoms with Crippen LogP contribution in [0.15, 0.2) is 4.99 Å². The number of aliphatic imine (C=N–C) groups is 1. The maximum absolute atomic E-state index is 10.7. The second-order valence-electron chi connectivity index (χ2n) is 7.02. The number of nitrogens with zero attached hydrogens (tertiary/aromatic N) is 1. The van der Waals surface area contributed by atoms with Gasteiger partial charge >= 0.3 is 0 Å². The van der Waals surface area contributed by atoms with Crippen molar-refractivity contribution in [2.45, 2.75) is 71.3 Å². The highest BCUT2D eigenvalue weighted by Gasteiger charge is 2.41. The molecule has 0 spiro atoms. The van der Waals surface area contributed by atoms with Crippen molar-refractivity contribution in [2.24, 2.45) is 10.4 Å². The molecule has 0 aromatic heterocycles. The highest BCUT2D eigenvalue weighted by atomic mass is 127. The van der Waals surface area contributed by atoms with E-state index in [0.29, 0.717) is 12.0 Å². The largest absolute Gasteiger partial charge is 0.388 e. The maximum atomic E-state index is 10.7. The molecule has 1 saturated carbocycles. The monoisotopic (exact) mass is 455 g/mol. The molecule has 0 aromatic rings. The third-order valence-electron chi connectivity index (χ3n) is 4.73. The predicted molar refractivity (Wildman–Crippen MR) is 112 cm³/mol. The van der Waals surface area contributed by atoms with Gasteiger partial charge < -0.3 is 20.5 Å². The molecule has 0 bridgehead atoms. The fourth-order valence-corrected chi connectivity index (χ4v) is 3.06. The summed E-state index contributed by atoms with van der Waals surface area (Å²) < 4.78 is 5.21. The van der Waals surface area contributed by atoms with Gasteiger partial charge in [0.1, 0.15) is 0 Å². The summed E-state index contributed by atoms with van der Waals surface area (Å²) in [6.45, 7) is 9.34. The van der Waals surface area contributed by atoms with Crippen molar-refractivity contribution in [3.63, 3.8) is 0 Å². The van der Waals surface area contributed by atoms with E-state index in [4.69, 9.17) is 4.74 Å². The average molecular weight is 455 g/mol. The fraction of sp³-hybridized carbons (Fsp3) is 0.944. The number of aliphatic hydroxyl groups is 1. The van der Waals surface area contributed by atoms with Gasteiger partial charge in [-0.3, -0.25) is 4.99 Å². The summed E-state index contributed by atoms with van der Waals surface area (Å²) in [5.41, 5.74) is -0.283. The van der Waals surface area contributed by atoms with Crippen LogP contribution in [0.5, 0.6) is 0 Å². The zero-order valence-corrected chi connectivity index (χ0v) is 18.3. The first-order valence-corrected chi connectivity index (χ1v) is 9.26. The van der Waals surface area contributed by atoms with Crippen LogP contribution < -0.4 is 10.6 Å². The van der Waals surface area contributed by atoms with Crippen LogP contribution in [0, 0.1) is 5.41 Å². The van der Waals surface area contributed by atoms with Gasteiger partial charge in [-0.1, -0.05) is 26.7 Å². The van der Waals surface area contributed by atoms with Crippen molar-refractivity contribution >= 4 is 29.9 Å². The van der Waals surface area contributed by atoms with Crippen molar-refractivity contribution in [1.82, 2.24) is 10.6 Å². The van der Waals surface area contributed by atoms with Gasteiger partial charge in [0.25, 0.3) is 0 Å². The van der Waals surface area contributed by atoms with Crippen LogP contribution in [0.3, 0.4) is 0 Å². The van der Waals surface area contributed by atoms with Gasteiger partial charge in [-0.25, -0.2) is 0 Å². The Morgan fingerprint density at radius 3 is 2.25 bits per heavy atom. The zero-order valence-electron chi connectivity index (χ0n) is 16.0. The Balaban J connectivity index is 0.00000529. The molecular formula is C18H38IN3O2. The van der Waals surface area contributed by atoms with Crippen molar-refractivity contribution in [3.05, 3.63) is 0 Å². The van der Waals surface area contributed by atoms with Gasteiger partial charge in [0.05, 0.1) is 12.1 Å². The van der Waals surface area contributed by atoms with Gasteiger partial charge in [-0.2, -0.15) is 0 Å². The number of hydrogen-bond acceptors (Lipinski definition) is 3. The number of ether oxygens (including phenoxy) is 1. The molecule has 0 amide bonds. The maximum Gasteiger partial charge on any atom is 0.191 e. The van der Waals surface area contributed by atoms with Gasteiger partial charge in [0.15, 0.2) is 5.96 Å². The average Bonchev–Trinajstić information content (AvgIpc) is 3.29. The molecule has 3 N–H and O–H groups in total. The van der Waals surface area contributed by atoms with Crippen LogP contribution in [0.1, 0.15) is 65.7 Å². The lowest BCUT2D eigenvalue weighted by atomic mass is 9.93. The van der Waals surface area contributed by atoms with Gasteiger partial charge in [0.2, 0.25) is 0 Å². The molecule has 144 valence electrons. The molecular weight excluding hydrogens is 417 g/mol. The lowest BCUT2D eigenvalue weighted by Gasteiger charge is -2.26. The summed E-state index contributed by atoms with van der Waals surface area (Å²) in [6.07, 6.45) is 7.21. The van der Waals surface area contributed by atoms with Gasteiger partial charge in [-0.05, 0) is 44.4 Å². The molecule has 1 rings (SSSR count). The highest BCUT2D eigenvalue weighted by Crippen LogP contribution is 2.48. The molecule has 6 heteroatoms. The minimum absolute atomic E-state index is 0. The van der Waals surface area contributed by atoms with E-state index >= 15 is 0 Å². The Kier molecular flexibility index (Phi) is 12.3. The molecule has 0 heterocycles. The van der Waals surface area contributed by atoms with Crippen molar-refractivity contribution in [2.75, 3.05) is 33.4 Å². The minimum atomic E-state index is -0.667. The SMILES string of the molecule is CCCC(O)(CCC)CN=C(NCC)NCC1(CCOC)CC1.I. The zero-order chi connectivity index (χ0) is 17.2. The lowest BCUT2D eigenvalue weighted by molar-refractivity contribution is 0.0306. The predicted octanol–water partition coefficient (Wildman–Crippen LogP) is 3.31. The fourth-order valence-electron chi connectivity index (χ4n) is 3.06. The molecule has 0 aromatic carbocycles. The van der Waals surface area contributed by atoms with Gasteiger partial charge in [-0.15, -0.1) is 24.0 Å². The Bertz CT molecular complexity index is 354. The number of nitrogens with one attached hydrogen (secondary N) is 2. The molecule has 0 unspecified atom stereocenters. The molecule has 0 atom stereocenters. The van der Waals surface area contributed by atoms with Gasteiger partial charge in [0, 0.05) is 26.8 Å². The molecule has 5 nitrogen and oxygen atoms in total. The van der Waals surface area contributed by atoms with E-state index < -0.39 is 5.60 Å². The van der Waals surface area contributed by atoms with Crippen LogP contribution in [0.4, 0.5) is 0 Å². The minimum Gasteiger partial charge on any atom is -0.388 e. The molecule has 24 heavy (non-hydrogen) atoms. The summed E-state index contributed by atoms with van der Waals surface area (Å²) in [7, 11) is 1.76. The number of guanidine groups is 1. The number of methoxy groups -OCH3 is 1. The van der Waals surface area contributed by atoms with Crippen molar-refractivity contribution < 1.29 is 9.84 Å².